The number of aromatic amines is 1. The topological polar surface area (TPSA) is 95.1 Å². The number of H-pyrrole nitrogens is 1. The Hall–Kier alpha value is -2.63. The van der Waals surface area contributed by atoms with Crippen LogP contribution in [0, 0.1) is 0 Å². The summed E-state index contributed by atoms with van der Waals surface area (Å²) in [4.78, 5) is 29.0. The Morgan fingerprint density at radius 2 is 2.16 bits per heavy atom. The molecule has 2 aromatic rings. The van der Waals surface area contributed by atoms with Crippen molar-refractivity contribution in [1.29, 1.82) is 0 Å². The maximum atomic E-state index is 11.7. The number of carbonyl (C=O) groups excluding carboxylic acids is 1. The van der Waals surface area contributed by atoms with Crippen molar-refractivity contribution >= 4 is 17.6 Å². The lowest BCUT2D eigenvalue weighted by molar-refractivity contribution is -0.116. The molecule has 0 saturated heterocycles. The zero-order valence-corrected chi connectivity index (χ0v) is 10.1. The van der Waals surface area contributed by atoms with Crippen LogP contribution in [0.5, 0.6) is 0 Å². The van der Waals surface area contributed by atoms with Gasteiger partial charge < -0.3 is 15.4 Å². The second-order valence-electron chi connectivity index (χ2n) is 3.98. The van der Waals surface area contributed by atoms with E-state index in [0.29, 0.717) is 18.5 Å². The monoisotopic (exact) mass is 259 g/mol. The molecule has 0 aliphatic carbocycles. The maximum Gasteiger partial charge on any atom is 0.354 e. The zero-order valence-electron chi connectivity index (χ0n) is 10.1. The average Bonchev–Trinajstić information content (AvgIpc) is 2.90. The van der Waals surface area contributed by atoms with E-state index in [1.165, 1.54) is 18.3 Å². The van der Waals surface area contributed by atoms with Gasteiger partial charge in [0.1, 0.15) is 5.69 Å². The van der Waals surface area contributed by atoms with Crippen LogP contribution >= 0.6 is 0 Å². The predicted octanol–water partition coefficient (Wildman–Crippen LogP) is 1.68. The van der Waals surface area contributed by atoms with E-state index < -0.39 is 5.97 Å². The Labute approximate surface area is 109 Å². The van der Waals surface area contributed by atoms with Crippen molar-refractivity contribution in [3.63, 3.8) is 0 Å². The van der Waals surface area contributed by atoms with Crippen molar-refractivity contribution < 1.29 is 14.7 Å². The summed E-state index contributed by atoms with van der Waals surface area (Å²) in [5, 5.41) is 11.4. The van der Waals surface area contributed by atoms with Crippen LogP contribution in [0.4, 0.5) is 5.69 Å². The molecular weight excluding hydrogens is 246 g/mol. The van der Waals surface area contributed by atoms with E-state index >= 15 is 0 Å². The molecule has 98 valence electrons. The molecule has 2 aromatic heterocycles. The number of hydrogen-bond acceptors (Lipinski definition) is 3. The Bertz CT molecular complexity index is 561. The molecule has 0 radical (unpaired) electrons. The standard InChI is InChI=1S/C13H13N3O3/c17-12(6-4-9-2-1-7-14-9)16-10-3-5-11(13(18)19)15-8-10/h1-3,5,7-8,14H,4,6H2,(H,16,17)(H,18,19). The van der Waals surface area contributed by atoms with E-state index in [1.807, 2.05) is 18.3 Å². The number of nitrogens with one attached hydrogen (secondary N) is 2. The lowest BCUT2D eigenvalue weighted by Gasteiger charge is -2.04. The predicted molar refractivity (Wildman–Crippen MR) is 68.9 cm³/mol. The van der Waals surface area contributed by atoms with E-state index in [-0.39, 0.29) is 11.6 Å². The molecule has 2 heterocycles. The molecule has 0 aliphatic rings. The molecule has 0 spiro atoms. The maximum absolute atomic E-state index is 11.7. The Morgan fingerprint density at radius 3 is 2.74 bits per heavy atom. The summed E-state index contributed by atoms with van der Waals surface area (Å²) in [6, 6.07) is 6.66. The van der Waals surface area contributed by atoms with Crippen LogP contribution in [0.15, 0.2) is 36.7 Å². The summed E-state index contributed by atoms with van der Waals surface area (Å²) < 4.78 is 0. The lowest BCUT2D eigenvalue weighted by atomic mass is 10.2. The van der Waals surface area contributed by atoms with Crippen LogP contribution in [0.3, 0.4) is 0 Å². The first-order valence-corrected chi connectivity index (χ1v) is 5.76. The SMILES string of the molecule is O=C(CCc1ccc[nH]1)Nc1ccc(C(=O)O)nc1. The fourth-order valence-corrected chi connectivity index (χ4v) is 1.59. The highest BCUT2D eigenvalue weighted by atomic mass is 16.4. The third-order valence-corrected chi connectivity index (χ3v) is 2.55. The number of pyridine rings is 1. The first kappa shape index (κ1) is 12.8. The third kappa shape index (κ3) is 3.67. The van der Waals surface area contributed by atoms with Gasteiger partial charge in [0.05, 0.1) is 11.9 Å². The highest BCUT2D eigenvalue weighted by molar-refractivity contribution is 5.91. The van der Waals surface area contributed by atoms with Gasteiger partial charge in [-0.1, -0.05) is 0 Å². The summed E-state index contributed by atoms with van der Waals surface area (Å²) in [6.07, 6.45) is 4.11. The molecule has 2 rings (SSSR count). The van der Waals surface area contributed by atoms with Gasteiger partial charge in [0.25, 0.3) is 0 Å². The largest absolute Gasteiger partial charge is 0.477 e. The number of carboxylic acids is 1. The fourth-order valence-electron chi connectivity index (χ4n) is 1.59. The van der Waals surface area contributed by atoms with Gasteiger partial charge in [-0.25, -0.2) is 9.78 Å². The molecule has 0 aromatic carbocycles. The highest BCUT2D eigenvalue weighted by Gasteiger charge is 2.06. The van der Waals surface area contributed by atoms with E-state index in [9.17, 15) is 9.59 Å². The highest BCUT2D eigenvalue weighted by Crippen LogP contribution is 2.08. The number of nitrogens with zero attached hydrogens (tertiary/aromatic N) is 1. The van der Waals surface area contributed by atoms with Crippen molar-refractivity contribution in [3.8, 4) is 0 Å². The molecule has 19 heavy (non-hydrogen) atoms. The normalized spacial score (nSPS) is 10.1. The lowest BCUT2D eigenvalue weighted by Crippen LogP contribution is -2.13. The van der Waals surface area contributed by atoms with E-state index in [1.54, 1.807) is 0 Å². The van der Waals surface area contributed by atoms with Crippen molar-refractivity contribution in [3.05, 3.63) is 48.0 Å². The number of aromatic nitrogens is 2. The number of rotatable bonds is 5. The van der Waals surface area contributed by atoms with Gasteiger partial charge in [-0.15, -0.1) is 0 Å². The van der Waals surface area contributed by atoms with Gasteiger partial charge in [-0.05, 0) is 30.7 Å². The molecule has 0 bridgehead atoms. The van der Waals surface area contributed by atoms with E-state index in [0.717, 1.165) is 5.69 Å². The van der Waals surface area contributed by atoms with Gasteiger partial charge in [0.15, 0.2) is 0 Å². The molecule has 6 nitrogen and oxygen atoms in total. The molecule has 0 unspecified atom stereocenters. The number of aryl methyl sites for hydroxylation is 1. The van der Waals surface area contributed by atoms with Crippen LogP contribution in [0.2, 0.25) is 0 Å². The Morgan fingerprint density at radius 1 is 1.32 bits per heavy atom. The van der Waals surface area contributed by atoms with E-state index in [4.69, 9.17) is 5.11 Å². The summed E-state index contributed by atoms with van der Waals surface area (Å²) in [7, 11) is 0. The van der Waals surface area contributed by atoms with Crippen LogP contribution in [0.1, 0.15) is 22.6 Å². The second kappa shape index (κ2) is 5.81. The number of hydrogen-bond donors (Lipinski definition) is 3. The number of carbonyl (C=O) groups is 2. The van der Waals surface area contributed by atoms with Crippen molar-refractivity contribution in [2.45, 2.75) is 12.8 Å². The minimum Gasteiger partial charge on any atom is -0.477 e. The molecule has 0 atom stereocenters. The Kier molecular flexibility index (Phi) is 3.92. The van der Waals surface area contributed by atoms with E-state index in [2.05, 4.69) is 15.3 Å². The molecular formula is C13H13N3O3. The Balaban J connectivity index is 1.86. The van der Waals surface area contributed by atoms with Crippen molar-refractivity contribution in [2.75, 3.05) is 5.32 Å². The molecule has 6 heteroatoms. The fraction of sp³-hybridized carbons (Fsp3) is 0.154. The number of aromatic carboxylic acids is 1. The van der Waals surface area contributed by atoms with Gasteiger partial charge in [-0.3, -0.25) is 4.79 Å². The summed E-state index contributed by atoms with van der Waals surface area (Å²) in [5.74, 6) is -1.23. The van der Waals surface area contributed by atoms with Gasteiger partial charge in [0.2, 0.25) is 5.91 Å². The summed E-state index contributed by atoms with van der Waals surface area (Å²) in [5.41, 5.74) is 1.43. The van der Waals surface area contributed by atoms with Gasteiger partial charge in [-0.2, -0.15) is 0 Å². The minimum atomic E-state index is -1.09. The molecule has 3 N–H and O–H groups in total. The first-order valence-electron chi connectivity index (χ1n) is 5.76. The minimum absolute atomic E-state index is 0.0515. The molecule has 0 fully saturated rings. The molecule has 0 saturated carbocycles. The summed E-state index contributed by atoms with van der Waals surface area (Å²) >= 11 is 0. The van der Waals surface area contributed by atoms with Crippen LogP contribution < -0.4 is 5.32 Å². The van der Waals surface area contributed by atoms with Crippen LogP contribution in [-0.4, -0.2) is 27.0 Å². The van der Waals surface area contributed by atoms with Crippen LogP contribution in [-0.2, 0) is 11.2 Å². The molecule has 0 aliphatic heterocycles. The number of anilines is 1. The van der Waals surface area contributed by atoms with Gasteiger partial charge in [0, 0.05) is 18.3 Å². The van der Waals surface area contributed by atoms with Crippen molar-refractivity contribution in [1.82, 2.24) is 9.97 Å². The third-order valence-electron chi connectivity index (χ3n) is 2.55. The average molecular weight is 259 g/mol. The molecule has 1 amide bonds. The van der Waals surface area contributed by atoms with Gasteiger partial charge >= 0.3 is 5.97 Å². The summed E-state index contributed by atoms with van der Waals surface area (Å²) in [6.45, 7) is 0. The smallest absolute Gasteiger partial charge is 0.354 e. The zero-order chi connectivity index (χ0) is 13.7. The quantitative estimate of drug-likeness (QED) is 0.761. The second-order valence-corrected chi connectivity index (χ2v) is 3.98. The van der Waals surface area contributed by atoms with Crippen molar-refractivity contribution in [2.24, 2.45) is 0 Å². The first-order chi connectivity index (χ1) is 9.15. The van der Waals surface area contributed by atoms with Crippen LogP contribution in [0.25, 0.3) is 0 Å². The number of carboxylic acid groups (broad SMARTS) is 1. The number of amides is 1.